The highest BCUT2D eigenvalue weighted by atomic mass is 35.5. The molecular weight excluding hydrogens is 390 g/mol. The molecular formula is C22H26ClN3O3. The number of methoxy groups -OCH3 is 1. The maximum atomic E-state index is 13.5. The van der Waals surface area contributed by atoms with Crippen molar-refractivity contribution in [3.8, 4) is 5.75 Å². The largest absolute Gasteiger partial charge is 0.496 e. The standard InChI is InChI=1S/C22H26ClN3O3/c1-14(24-2)21(27)25-18-10-8-15-6-4-5-7-19(15)26(22(18)28)13-16-12-17(23)9-11-20(16)29-3/h4-7,9,11-12,14,18,24H,8,10,13H2,1-3H3,(H,25,27)/t14?,18-/m0/s1. The van der Waals surface area contributed by atoms with Crippen molar-refractivity contribution in [3.05, 3.63) is 58.6 Å². The number of carbonyl (C=O) groups excluding carboxylic acids is 2. The van der Waals surface area contributed by atoms with Crippen LogP contribution < -0.4 is 20.3 Å². The lowest BCUT2D eigenvalue weighted by Gasteiger charge is -2.27. The average molecular weight is 416 g/mol. The molecule has 0 aliphatic carbocycles. The third-order valence-electron chi connectivity index (χ3n) is 5.26. The molecule has 1 heterocycles. The summed E-state index contributed by atoms with van der Waals surface area (Å²) in [6.45, 7) is 2.06. The van der Waals surface area contributed by atoms with E-state index in [9.17, 15) is 9.59 Å². The van der Waals surface area contributed by atoms with Gasteiger partial charge in [-0.1, -0.05) is 29.8 Å². The van der Waals surface area contributed by atoms with E-state index >= 15 is 0 Å². The Morgan fingerprint density at radius 2 is 2.07 bits per heavy atom. The van der Waals surface area contributed by atoms with Gasteiger partial charge in [-0.25, -0.2) is 0 Å². The first-order chi connectivity index (χ1) is 13.9. The highest BCUT2D eigenvalue weighted by molar-refractivity contribution is 6.30. The van der Waals surface area contributed by atoms with Crippen LogP contribution >= 0.6 is 11.6 Å². The van der Waals surface area contributed by atoms with Gasteiger partial charge in [0, 0.05) is 16.3 Å². The first kappa shape index (κ1) is 21.1. The maximum Gasteiger partial charge on any atom is 0.249 e. The van der Waals surface area contributed by atoms with Crippen molar-refractivity contribution in [2.24, 2.45) is 0 Å². The van der Waals surface area contributed by atoms with Crippen LogP contribution in [-0.2, 0) is 22.6 Å². The number of halogens is 1. The lowest BCUT2D eigenvalue weighted by atomic mass is 10.1. The molecule has 1 aliphatic rings. The van der Waals surface area contributed by atoms with Gasteiger partial charge in [-0.05, 0) is 56.6 Å². The summed E-state index contributed by atoms with van der Waals surface area (Å²) in [5.41, 5.74) is 2.72. The van der Waals surface area contributed by atoms with Gasteiger partial charge in [0.2, 0.25) is 11.8 Å². The van der Waals surface area contributed by atoms with Crippen molar-refractivity contribution in [1.29, 1.82) is 0 Å². The number of amides is 2. The maximum absolute atomic E-state index is 13.5. The van der Waals surface area contributed by atoms with Gasteiger partial charge in [-0.15, -0.1) is 0 Å². The normalized spacial score (nSPS) is 17.3. The fraction of sp³-hybridized carbons (Fsp3) is 0.364. The number of nitrogens with zero attached hydrogens (tertiary/aromatic N) is 1. The SMILES string of the molecule is CNC(C)C(=O)N[C@H]1CCc2ccccc2N(Cc2cc(Cl)ccc2OC)C1=O. The third kappa shape index (κ3) is 4.71. The fourth-order valence-electron chi connectivity index (χ4n) is 3.48. The van der Waals surface area contributed by atoms with Crippen molar-refractivity contribution in [1.82, 2.24) is 10.6 Å². The highest BCUT2D eigenvalue weighted by Gasteiger charge is 2.32. The Labute approximate surface area is 176 Å². The number of carbonyl (C=O) groups is 2. The minimum absolute atomic E-state index is 0.145. The van der Waals surface area contributed by atoms with E-state index in [1.54, 1.807) is 44.2 Å². The molecule has 7 heteroatoms. The van der Waals surface area contributed by atoms with E-state index in [0.717, 1.165) is 16.8 Å². The number of para-hydroxylation sites is 1. The van der Waals surface area contributed by atoms with Crippen molar-refractivity contribution < 1.29 is 14.3 Å². The lowest BCUT2D eigenvalue weighted by Crippen LogP contribution is -2.52. The number of nitrogens with one attached hydrogen (secondary N) is 2. The van der Waals surface area contributed by atoms with Crippen LogP contribution in [0.5, 0.6) is 5.75 Å². The van der Waals surface area contributed by atoms with Crippen LogP contribution in [0.4, 0.5) is 5.69 Å². The molecule has 2 aromatic carbocycles. The first-order valence-corrected chi connectivity index (χ1v) is 10.0. The summed E-state index contributed by atoms with van der Waals surface area (Å²) < 4.78 is 5.46. The predicted molar refractivity (Wildman–Crippen MR) is 114 cm³/mol. The Morgan fingerprint density at radius 1 is 1.31 bits per heavy atom. The second-order valence-electron chi connectivity index (χ2n) is 7.12. The van der Waals surface area contributed by atoms with Gasteiger partial charge < -0.3 is 20.3 Å². The molecule has 0 fully saturated rings. The summed E-state index contributed by atoms with van der Waals surface area (Å²) in [6.07, 6.45) is 1.24. The quantitative estimate of drug-likeness (QED) is 0.761. The summed E-state index contributed by atoms with van der Waals surface area (Å²) >= 11 is 6.19. The molecule has 6 nitrogen and oxygen atoms in total. The van der Waals surface area contributed by atoms with E-state index in [-0.39, 0.29) is 17.9 Å². The average Bonchev–Trinajstić information content (AvgIpc) is 2.85. The number of hydrogen-bond acceptors (Lipinski definition) is 4. The minimum atomic E-state index is -0.601. The molecule has 1 unspecified atom stereocenters. The van der Waals surface area contributed by atoms with Gasteiger partial charge in [0.15, 0.2) is 0 Å². The molecule has 2 amide bonds. The second kappa shape index (κ2) is 9.29. The Bertz CT molecular complexity index is 903. The van der Waals surface area contributed by atoms with E-state index in [1.165, 1.54) is 0 Å². The highest BCUT2D eigenvalue weighted by Crippen LogP contribution is 2.31. The van der Waals surface area contributed by atoms with E-state index in [0.29, 0.717) is 30.2 Å². The number of hydrogen-bond donors (Lipinski definition) is 2. The molecule has 0 saturated heterocycles. The number of anilines is 1. The summed E-state index contributed by atoms with van der Waals surface area (Å²) in [5, 5.41) is 6.38. The van der Waals surface area contributed by atoms with Gasteiger partial charge in [-0.3, -0.25) is 9.59 Å². The minimum Gasteiger partial charge on any atom is -0.496 e. The number of ether oxygens (including phenoxy) is 1. The van der Waals surface area contributed by atoms with Crippen LogP contribution in [0, 0.1) is 0 Å². The van der Waals surface area contributed by atoms with Crippen molar-refractivity contribution in [2.45, 2.75) is 38.4 Å². The molecule has 2 aromatic rings. The monoisotopic (exact) mass is 415 g/mol. The molecule has 29 heavy (non-hydrogen) atoms. The molecule has 0 spiro atoms. The molecule has 0 radical (unpaired) electrons. The molecule has 2 N–H and O–H groups in total. The topological polar surface area (TPSA) is 70.7 Å². The zero-order valence-corrected chi connectivity index (χ0v) is 17.6. The number of benzene rings is 2. The molecule has 2 atom stereocenters. The van der Waals surface area contributed by atoms with Gasteiger partial charge in [-0.2, -0.15) is 0 Å². The molecule has 0 saturated carbocycles. The van der Waals surface area contributed by atoms with Crippen LogP contribution in [0.1, 0.15) is 24.5 Å². The van der Waals surface area contributed by atoms with E-state index in [2.05, 4.69) is 10.6 Å². The van der Waals surface area contributed by atoms with Gasteiger partial charge in [0.25, 0.3) is 0 Å². The predicted octanol–water partition coefficient (Wildman–Crippen LogP) is 2.92. The van der Waals surface area contributed by atoms with E-state index in [1.807, 2.05) is 24.3 Å². The van der Waals surface area contributed by atoms with E-state index in [4.69, 9.17) is 16.3 Å². The Balaban J connectivity index is 1.96. The van der Waals surface area contributed by atoms with Gasteiger partial charge in [0.1, 0.15) is 11.8 Å². The number of rotatable bonds is 6. The van der Waals surface area contributed by atoms with Crippen LogP contribution in [0.15, 0.2) is 42.5 Å². The van der Waals surface area contributed by atoms with Crippen LogP contribution in [0.25, 0.3) is 0 Å². The molecule has 3 rings (SSSR count). The van der Waals surface area contributed by atoms with Crippen LogP contribution in [0.3, 0.4) is 0 Å². The zero-order chi connectivity index (χ0) is 21.0. The van der Waals surface area contributed by atoms with Gasteiger partial charge >= 0.3 is 0 Å². The Kier molecular flexibility index (Phi) is 6.77. The first-order valence-electron chi connectivity index (χ1n) is 9.64. The number of fused-ring (bicyclic) bond motifs is 1. The van der Waals surface area contributed by atoms with Crippen molar-refractivity contribution in [2.75, 3.05) is 19.1 Å². The van der Waals surface area contributed by atoms with Gasteiger partial charge in [0.05, 0.1) is 19.7 Å². The Morgan fingerprint density at radius 3 is 2.79 bits per heavy atom. The summed E-state index contributed by atoms with van der Waals surface area (Å²) in [6, 6.07) is 12.2. The van der Waals surface area contributed by atoms with Crippen molar-refractivity contribution in [3.63, 3.8) is 0 Å². The van der Waals surface area contributed by atoms with E-state index < -0.39 is 6.04 Å². The number of aryl methyl sites for hydroxylation is 1. The van der Waals surface area contributed by atoms with Crippen LogP contribution in [0.2, 0.25) is 5.02 Å². The fourth-order valence-corrected chi connectivity index (χ4v) is 3.68. The summed E-state index contributed by atoms with van der Waals surface area (Å²) in [7, 11) is 3.31. The molecule has 0 aromatic heterocycles. The Hall–Kier alpha value is -2.57. The molecule has 154 valence electrons. The summed E-state index contributed by atoms with van der Waals surface area (Å²) in [4.78, 5) is 27.6. The summed E-state index contributed by atoms with van der Waals surface area (Å²) in [5.74, 6) is 0.319. The third-order valence-corrected chi connectivity index (χ3v) is 5.50. The molecule has 0 bridgehead atoms. The zero-order valence-electron chi connectivity index (χ0n) is 16.9. The van der Waals surface area contributed by atoms with Crippen molar-refractivity contribution >= 4 is 29.1 Å². The lowest BCUT2D eigenvalue weighted by molar-refractivity contribution is -0.128. The smallest absolute Gasteiger partial charge is 0.249 e. The number of likely N-dealkylation sites (N-methyl/N-ethyl adjacent to an activating group) is 1. The second-order valence-corrected chi connectivity index (χ2v) is 7.56. The van der Waals surface area contributed by atoms with Crippen LogP contribution in [-0.4, -0.2) is 38.1 Å². The molecule has 1 aliphatic heterocycles.